The van der Waals surface area contributed by atoms with Crippen LogP contribution in [0.25, 0.3) is 0 Å². The zero-order valence-electron chi connectivity index (χ0n) is 9.18. The summed E-state index contributed by atoms with van der Waals surface area (Å²) in [6, 6.07) is 0. The molecular weight excluding hydrogens is 254 g/mol. The summed E-state index contributed by atoms with van der Waals surface area (Å²) >= 11 is 3.72. The van der Waals surface area contributed by atoms with E-state index >= 15 is 0 Å². The Morgan fingerprint density at radius 1 is 1.20 bits per heavy atom. The number of carbonyl (C=O) groups excluding carboxylic acids is 1. The molecule has 0 aliphatic heterocycles. The predicted molar refractivity (Wildman–Crippen MR) is 65.0 cm³/mol. The van der Waals surface area contributed by atoms with Crippen molar-refractivity contribution >= 4 is 21.8 Å². The highest BCUT2D eigenvalue weighted by Gasteiger charge is 2.26. The van der Waals surface area contributed by atoms with Gasteiger partial charge in [0, 0.05) is 17.8 Å². The van der Waals surface area contributed by atoms with Crippen LogP contribution in [0.4, 0.5) is 0 Å². The lowest BCUT2D eigenvalue weighted by atomic mass is 9.89. The van der Waals surface area contributed by atoms with Crippen molar-refractivity contribution in [1.82, 2.24) is 5.32 Å². The van der Waals surface area contributed by atoms with Gasteiger partial charge in [-0.05, 0) is 37.5 Å². The largest absolute Gasteiger partial charge is 0.356 e. The van der Waals surface area contributed by atoms with E-state index in [0.29, 0.717) is 16.7 Å². The Kier molecular flexibility index (Phi) is 4.06. The summed E-state index contributed by atoms with van der Waals surface area (Å²) in [6.45, 7) is 0.876. The van der Waals surface area contributed by atoms with E-state index in [-0.39, 0.29) is 5.91 Å². The Morgan fingerprint density at radius 2 is 1.93 bits per heavy atom. The van der Waals surface area contributed by atoms with E-state index < -0.39 is 0 Å². The highest BCUT2D eigenvalue weighted by molar-refractivity contribution is 9.09. The van der Waals surface area contributed by atoms with E-state index in [4.69, 9.17) is 0 Å². The van der Waals surface area contributed by atoms with E-state index in [0.717, 1.165) is 13.0 Å². The molecule has 2 unspecified atom stereocenters. The predicted octanol–water partition coefficient (Wildman–Crippen LogP) is 2.86. The zero-order valence-corrected chi connectivity index (χ0v) is 10.8. The fraction of sp³-hybridized carbons (Fsp3) is 0.917. The quantitative estimate of drug-likeness (QED) is 0.785. The van der Waals surface area contributed by atoms with Crippen molar-refractivity contribution in [2.75, 3.05) is 6.54 Å². The molecule has 2 aliphatic rings. The molecule has 2 aliphatic carbocycles. The normalized spacial score (nSPS) is 31.3. The maximum Gasteiger partial charge on any atom is 0.220 e. The maximum atomic E-state index is 11.5. The van der Waals surface area contributed by atoms with Crippen molar-refractivity contribution in [3.63, 3.8) is 0 Å². The molecule has 1 N–H and O–H groups in total. The second-order valence-electron chi connectivity index (χ2n) is 5.01. The summed E-state index contributed by atoms with van der Waals surface area (Å²) in [4.78, 5) is 12.1. The number of nitrogens with one attached hydrogen (secondary N) is 1. The van der Waals surface area contributed by atoms with E-state index in [1.807, 2.05) is 0 Å². The van der Waals surface area contributed by atoms with E-state index in [1.54, 1.807) is 0 Å². The molecule has 2 atom stereocenters. The molecule has 0 radical (unpaired) electrons. The van der Waals surface area contributed by atoms with Crippen LogP contribution in [0.5, 0.6) is 0 Å². The minimum Gasteiger partial charge on any atom is -0.356 e. The van der Waals surface area contributed by atoms with Crippen LogP contribution >= 0.6 is 15.9 Å². The van der Waals surface area contributed by atoms with Gasteiger partial charge in [0.1, 0.15) is 0 Å². The molecule has 0 aromatic carbocycles. The maximum absolute atomic E-state index is 11.5. The van der Waals surface area contributed by atoms with Crippen molar-refractivity contribution in [1.29, 1.82) is 0 Å². The molecular formula is C12H20BrNO. The van der Waals surface area contributed by atoms with Gasteiger partial charge >= 0.3 is 0 Å². The molecule has 0 bridgehead atoms. The molecule has 0 aromatic heterocycles. The molecule has 0 spiro atoms. The van der Waals surface area contributed by atoms with Crippen LogP contribution in [-0.4, -0.2) is 17.3 Å². The van der Waals surface area contributed by atoms with Crippen LogP contribution in [0.3, 0.4) is 0 Å². The first-order valence-corrected chi connectivity index (χ1v) is 7.08. The van der Waals surface area contributed by atoms with Crippen LogP contribution in [0, 0.1) is 11.8 Å². The third kappa shape index (κ3) is 3.78. The molecule has 86 valence electrons. The van der Waals surface area contributed by atoms with Gasteiger partial charge in [-0.3, -0.25) is 4.79 Å². The monoisotopic (exact) mass is 273 g/mol. The molecule has 2 saturated carbocycles. The van der Waals surface area contributed by atoms with Crippen molar-refractivity contribution in [2.45, 2.75) is 49.8 Å². The molecule has 2 rings (SSSR count). The van der Waals surface area contributed by atoms with Crippen molar-refractivity contribution in [3.05, 3.63) is 0 Å². The summed E-state index contributed by atoms with van der Waals surface area (Å²) in [6.07, 6.45) is 8.48. The fourth-order valence-electron chi connectivity index (χ4n) is 2.29. The number of halogens is 1. The van der Waals surface area contributed by atoms with Gasteiger partial charge in [0.2, 0.25) is 5.91 Å². The van der Waals surface area contributed by atoms with Crippen LogP contribution in [-0.2, 0) is 4.79 Å². The standard InChI is InChI=1S/C12H20BrNO/c13-11-4-2-1-3-10(11)8-14-12(15)7-9-5-6-9/h9-11H,1-8H2,(H,14,15). The highest BCUT2D eigenvalue weighted by Crippen LogP contribution is 2.32. The second-order valence-corrected chi connectivity index (χ2v) is 6.19. The average molecular weight is 274 g/mol. The fourth-order valence-corrected chi connectivity index (χ4v) is 3.07. The van der Waals surface area contributed by atoms with Gasteiger partial charge in [-0.25, -0.2) is 0 Å². The number of alkyl halides is 1. The van der Waals surface area contributed by atoms with Gasteiger partial charge in [-0.15, -0.1) is 0 Å². The second kappa shape index (κ2) is 5.33. The SMILES string of the molecule is O=C(CC1CC1)NCC1CCCCC1Br. The summed E-state index contributed by atoms with van der Waals surface area (Å²) in [5.74, 6) is 1.63. The summed E-state index contributed by atoms with van der Waals surface area (Å²) in [5.41, 5.74) is 0. The van der Waals surface area contributed by atoms with Gasteiger partial charge in [0.05, 0.1) is 0 Å². The number of rotatable bonds is 4. The minimum atomic E-state index is 0.266. The van der Waals surface area contributed by atoms with Gasteiger partial charge in [0.15, 0.2) is 0 Å². The van der Waals surface area contributed by atoms with Crippen LogP contribution in [0.15, 0.2) is 0 Å². The number of hydrogen-bond acceptors (Lipinski definition) is 1. The molecule has 0 heterocycles. The molecule has 0 aromatic rings. The summed E-state index contributed by atoms with van der Waals surface area (Å²) in [7, 11) is 0. The number of amides is 1. The molecule has 0 saturated heterocycles. The average Bonchev–Trinajstić information content (AvgIpc) is 3.00. The Hall–Kier alpha value is -0.0500. The lowest BCUT2D eigenvalue weighted by Gasteiger charge is -2.27. The van der Waals surface area contributed by atoms with Crippen LogP contribution in [0.1, 0.15) is 44.9 Å². The van der Waals surface area contributed by atoms with Gasteiger partial charge < -0.3 is 5.32 Å². The Morgan fingerprint density at radius 3 is 2.60 bits per heavy atom. The Balaban J connectivity index is 1.64. The van der Waals surface area contributed by atoms with Crippen LogP contribution in [0.2, 0.25) is 0 Å². The van der Waals surface area contributed by atoms with Crippen molar-refractivity contribution in [3.8, 4) is 0 Å². The molecule has 2 fully saturated rings. The zero-order chi connectivity index (χ0) is 10.7. The molecule has 15 heavy (non-hydrogen) atoms. The Labute approximate surface area is 100 Å². The number of carbonyl (C=O) groups is 1. The number of hydrogen-bond donors (Lipinski definition) is 1. The highest BCUT2D eigenvalue weighted by atomic mass is 79.9. The molecule has 2 nitrogen and oxygen atoms in total. The smallest absolute Gasteiger partial charge is 0.220 e. The lowest BCUT2D eigenvalue weighted by Crippen LogP contribution is -2.34. The topological polar surface area (TPSA) is 29.1 Å². The Bertz CT molecular complexity index is 228. The molecule has 3 heteroatoms. The van der Waals surface area contributed by atoms with E-state index in [2.05, 4.69) is 21.2 Å². The molecule has 1 amide bonds. The van der Waals surface area contributed by atoms with Crippen molar-refractivity contribution < 1.29 is 4.79 Å². The van der Waals surface area contributed by atoms with Gasteiger partial charge in [-0.1, -0.05) is 28.8 Å². The third-order valence-electron chi connectivity index (χ3n) is 3.55. The van der Waals surface area contributed by atoms with E-state index in [1.165, 1.54) is 38.5 Å². The van der Waals surface area contributed by atoms with Crippen LogP contribution < -0.4 is 5.32 Å². The lowest BCUT2D eigenvalue weighted by molar-refractivity contribution is -0.121. The summed E-state index contributed by atoms with van der Waals surface area (Å²) in [5, 5.41) is 3.09. The first-order chi connectivity index (χ1) is 7.25. The van der Waals surface area contributed by atoms with Gasteiger partial charge in [-0.2, -0.15) is 0 Å². The first kappa shape index (κ1) is 11.4. The van der Waals surface area contributed by atoms with E-state index in [9.17, 15) is 4.79 Å². The van der Waals surface area contributed by atoms with Gasteiger partial charge in [0.25, 0.3) is 0 Å². The van der Waals surface area contributed by atoms with Crippen molar-refractivity contribution in [2.24, 2.45) is 11.8 Å². The minimum absolute atomic E-state index is 0.266. The third-order valence-corrected chi connectivity index (χ3v) is 4.75. The first-order valence-electron chi connectivity index (χ1n) is 6.16. The summed E-state index contributed by atoms with van der Waals surface area (Å²) < 4.78 is 0.